The first kappa shape index (κ1) is 21.4. The molecule has 0 aliphatic carbocycles. The minimum Gasteiger partial charge on any atom is -0.487 e. The molecular weight excluding hydrogens is 400 g/mol. The molecule has 3 aromatic carbocycles. The van der Waals surface area contributed by atoms with Crippen molar-refractivity contribution in [1.82, 2.24) is 4.98 Å². The molecular formula is C27H26N2O3. The van der Waals surface area contributed by atoms with E-state index in [4.69, 9.17) is 9.15 Å². The molecule has 0 aliphatic rings. The van der Waals surface area contributed by atoms with Crippen LogP contribution in [0.15, 0.2) is 71.1 Å². The van der Waals surface area contributed by atoms with E-state index in [1.54, 1.807) is 12.1 Å². The molecule has 0 saturated carbocycles. The monoisotopic (exact) mass is 426 g/mol. The molecule has 1 N–H and O–H groups in total. The van der Waals surface area contributed by atoms with Gasteiger partial charge in [-0.1, -0.05) is 29.8 Å². The Morgan fingerprint density at radius 1 is 0.906 bits per heavy atom. The minimum atomic E-state index is -0.152. The summed E-state index contributed by atoms with van der Waals surface area (Å²) in [6, 6.07) is 21.1. The number of oxazole rings is 1. The fourth-order valence-corrected chi connectivity index (χ4v) is 3.30. The van der Waals surface area contributed by atoms with Crippen LogP contribution < -0.4 is 10.1 Å². The lowest BCUT2D eigenvalue weighted by molar-refractivity contribution is 0.102. The summed E-state index contributed by atoms with van der Waals surface area (Å²) in [6.07, 6.45) is 0. The van der Waals surface area contributed by atoms with Gasteiger partial charge in [-0.05, 0) is 81.3 Å². The van der Waals surface area contributed by atoms with E-state index in [9.17, 15) is 4.79 Å². The topological polar surface area (TPSA) is 64.4 Å². The summed E-state index contributed by atoms with van der Waals surface area (Å²) in [5.41, 5.74) is 6.25. The van der Waals surface area contributed by atoms with Gasteiger partial charge in [0.15, 0.2) is 0 Å². The maximum absolute atomic E-state index is 12.7. The fraction of sp³-hybridized carbons (Fsp3) is 0.185. The van der Waals surface area contributed by atoms with Crippen molar-refractivity contribution in [2.24, 2.45) is 0 Å². The average molecular weight is 427 g/mol. The van der Waals surface area contributed by atoms with Crippen LogP contribution in [0.3, 0.4) is 0 Å². The van der Waals surface area contributed by atoms with Crippen molar-refractivity contribution in [3.05, 3.63) is 100 Å². The molecule has 1 heterocycles. The molecule has 4 aromatic rings. The Labute approximate surface area is 188 Å². The molecule has 1 aromatic heterocycles. The zero-order valence-corrected chi connectivity index (χ0v) is 18.7. The van der Waals surface area contributed by atoms with Crippen LogP contribution >= 0.6 is 0 Å². The van der Waals surface area contributed by atoms with Gasteiger partial charge in [-0.15, -0.1) is 0 Å². The van der Waals surface area contributed by atoms with E-state index in [1.165, 1.54) is 5.56 Å². The highest BCUT2D eigenvalue weighted by molar-refractivity contribution is 6.04. The molecule has 4 rings (SSSR count). The van der Waals surface area contributed by atoms with Gasteiger partial charge in [-0.25, -0.2) is 4.98 Å². The molecule has 0 atom stereocenters. The lowest BCUT2D eigenvalue weighted by atomic mass is 10.1. The average Bonchev–Trinajstić information content (AvgIpc) is 3.16. The van der Waals surface area contributed by atoms with Gasteiger partial charge in [-0.2, -0.15) is 0 Å². The van der Waals surface area contributed by atoms with Crippen molar-refractivity contribution in [3.8, 4) is 17.2 Å². The lowest BCUT2D eigenvalue weighted by Gasteiger charge is -2.09. The number of carbonyl (C=O) groups is 1. The number of anilines is 1. The summed E-state index contributed by atoms with van der Waals surface area (Å²) in [5, 5.41) is 2.98. The van der Waals surface area contributed by atoms with Crippen molar-refractivity contribution < 1.29 is 13.9 Å². The van der Waals surface area contributed by atoms with E-state index in [-0.39, 0.29) is 5.91 Å². The Kier molecular flexibility index (Phi) is 6.08. The molecule has 0 radical (unpaired) electrons. The van der Waals surface area contributed by atoms with Gasteiger partial charge in [0.1, 0.15) is 23.8 Å². The first-order valence-electron chi connectivity index (χ1n) is 10.5. The molecule has 1 amide bonds. The quantitative estimate of drug-likeness (QED) is 0.387. The minimum absolute atomic E-state index is 0.152. The fourth-order valence-electron chi connectivity index (χ4n) is 3.30. The van der Waals surface area contributed by atoms with Crippen molar-refractivity contribution in [2.75, 3.05) is 5.32 Å². The maximum Gasteiger partial charge on any atom is 0.255 e. The first-order valence-corrected chi connectivity index (χ1v) is 10.5. The van der Waals surface area contributed by atoms with Crippen LogP contribution in [0.1, 0.15) is 38.5 Å². The number of benzene rings is 3. The third-order valence-corrected chi connectivity index (χ3v) is 5.32. The number of carbonyl (C=O) groups excluding carboxylic acids is 1. The second-order valence-corrected chi connectivity index (χ2v) is 7.97. The van der Waals surface area contributed by atoms with Gasteiger partial charge in [0.2, 0.25) is 5.89 Å². The summed E-state index contributed by atoms with van der Waals surface area (Å²) in [6.45, 7) is 8.22. The lowest BCUT2D eigenvalue weighted by Crippen LogP contribution is -2.12. The zero-order chi connectivity index (χ0) is 22.7. The van der Waals surface area contributed by atoms with E-state index >= 15 is 0 Å². The summed E-state index contributed by atoms with van der Waals surface area (Å²) >= 11 is 0. The Balaban J connectivity index is 1.44. The number of amides is 1. The summed E-state index contributed by atoms with van der Waals surface area (Å²) in [7, 11) is 0. The van der Waals surface area contributed by atoms with Gasteiger partial charge in [-0.3, -0.25) is 4.79 Å². The highest BCUT2D eigenvalue weighted by Crippen LogP contribution is 2.24. The van der Waals surface area contributed by atoms with E-state index in [2.05, 4.69) is 10.3 Å². The smallest absolute Gasteiger partial charge is 0.255 e. The molecule has 0 bridgehead atoms. The summed E-state index contributed by atoms with van der Waals surface area (Å²) in [5.74, 6) is 1.86. The van der Waals surface area contributed by atoms with Gasteiger partial charge in [0.05, 0.1) is 0 Å². The molecule has 0 aliphatic heterocycles. The molecule has 0 fully saturated rings. The number of aryl methyl sites for hydroxylation is 4. The number of rotatable bonds is 6. The maximum atomic E-state index is 12.7. The third kappa shape index (κ3) is 4.89. The van der Waals surface area contributed by atoms with Crippen molar-refractivity contribution in [3.63, 3.8) is 0 Å². The van der Waals surface area contributed by atoms with Crippen LogP contribution in [0, 0.1) is 27.7 Å². The van der Waals surface area contributed by atoms with Crippen molar-refractivity contribution in [2.45, 2.75) is 34.3 Å². The number of aromatic nitrogens is 1. The van der Waals surface area contributed by atoms with E-state index in [0.717, 1.165) is 33.8 Å². The molecule has 5 nitrogen and oxygen atoms in total. The Hall–Kier alpha value is -3.86. The number of hydrogen-bond donors (Lipinski definition) is 1. The highest BCUT2D eigenvalue weighted by atomic mass is 16.5. The van der Waals surface area contributed by atoms with E-state index in [1.807, 2.05) is 82.3 Å². The van der Waals surface area contributed by atoms with Gasteiger partial charge >= 0.3 is 0 Å². The van der Waals surface area contributed by atoms with Gasteiger partial charge < -0.3 is 14.5 Å². The first-order chi connectivity index (χ1) is 15.4. The van der Waals surface area contributed by atoms with Crippen LogP contribution in [0.4, 0.5) is 5.69 Å². The normalized spacial score (nSPS) is 10.8. The van der Waals surface area contributed by atoms with E-state index < -0.39 is 0 Å². The van der Waals surface area contributed by atoms with Gasteiger partial charge in [0.25, 0.3) is 5.91 Å². The number of nitrogens with zero attached hydrogens (tertiary/aromatic N) is 1. The highest BCUT2D eigenvalue weighted by Gasteiger charge is 2.14. The number of nitrogens with one attached hydrogen (secondary N) is 1. The SMILES string of the molecule is Cc1ccc(OCc2nc(-c3ccc(C(=O)Nc4cc(C)ccc4C)cc3)oc2C)cc1. The van der Waals surface area contributed by atoms with Gasteiger partial charge in [0, 0.05) is 16.8 Å². The van der Waals surface area contributed by atoms with Crippen LogP contribution in [-0.2, 0) is 6.61 Å². The predicted octanol–water partition coefficient (Wildman–Crippen LogP) is 6.41. The Bertz CT molecular complexity index is 1240. The number of hydrogen-bond acceptors (Lipinski definition) is 4. The summed E-state index contributed by atoms with van der Waals surface area (Å²) in [4.78, 5) is 17.2. The van der Waals surface area contributed by atoms with Crippen LogP contribution in [0.2, 0.25) is 0 Å². The predicted molar refractivity (Wildman–Crippen MR) is 126 cm³/mol. The molecule has 0 saturated heterocycles. The Morgan fingerprint density at radius 2 is 1.59 bits per heavy atom. The summed E-state index contributed by atoms with van der Waals surface area (Å²) < 4.78 is 11.7. The van der Waals surface area contributed by atoms with Crippen LogP contribution in [0.25, 0.3) is 11.5 Å². The van der Waals surface area contributed by atoms with Crippen LogP contribution in [-0.4, -0.2) is 10.9 Å². The van der Waals surface area contributed by atoms with Crippen LogP contribution in [0.5, 0.6) is 5.75 Å². The Morgan fingerprint density at radius 3 is 2.31 bits per heavy atom. The van der Waals surface area contributed by atoms with Crippen molar-refractivity contribution >= 4 is 11.6 Å². The van der Waals surface area contributed by atoms with Crippen molar-refractivity contribution in [1.29, 1.82) is 0 Å². The second-order valence-electron chi connectivity index (χ2n) is 7.97. The largest absolute Gasteiger partial charge is 0.487 e. The molecule has 32 heavy (non-hydrogen) atoms. The molecule has 0 unspecified atom stereocenters. The number of ether oxygens (including phenoxy) is 1. The zero-order valence-electron chi connectivity index (χ0n) is 18.7. The third-order valence-electron chi connectivity index (χ3n) is 5.32. The second kappa shape index (κ2) is 9.10. The molecule has 5 heteroatoms. The molecule has 162 valence electrons. The standard InChI is InChI=1S/C27H26N2O3/c1-17-6-13-23(14-7-17)31-16-25-20(4)32-27(29-25)22-11-9-21(10-12-22)26(30)28-24-15-18(2)5-8-19(24)3/h5-15H,16H2,1-4H3,(H,28,30). The molecule has 0 spiro atoms. The van der Waals surface area contributed by atoms with E-state index in [0.29, 0.717) is 23.8 Å².